The molecule has 0 saturated carbocycles. The van der Waals surface area contributed by atoms with Gasteiger partial charge in [0.25, 0.3) is 0 Å². The summed E-state index contributed by atoms with van der Waals surface area (Å²) >= 11 is 0. The molecular formula is C19H34N4O. The van der Waals surface area contributed by atoms with Gasteiger partial charge in [0.1, 0.15) is 5.76 Å². The van der Waals surface area contributed by atoms with Gasteiger partial charge in [-0.3, -0.25) is 9.89 Å². The first kappa shape index (κ1) is 18.8. The summed E-state index contributed by atoms with van der Waals surface area (Å²) in [4.78, 5) is 9.83. The first-order chi connectivity index (χ1) is 11.6. The normalized spacial score (nSPS) is 18.8. The van der Waals surface area contributed by atoms with Crippen molar-refractivity contribution in [1.29, 1.82) is 0 Å². The standard InChI is InChI=1S/C19H34N4O/c1-5-22(6-2)17-10-12-23(15-17)19(21-14-16(3)4)20-11-9-18-8-7-13-24-18/h7-8,13,16-17H,5-6,9-12,14-15H2,1-4H3,(H,20,21). The lowest BCUT2D eigenvalue weighted by molar-refractivity contribution is 0.223. The minimum absolute atomic E-state index is 0.577. The van der Waals surface area contributed by atoms with Gasteiger partial charge >= 0.3 is 0 Å². The Kier molecular flexibility index (Phi) is 7.63. The molecule has 1 aromatic rings. The topological polar surface area (TPSA) is 44.0 Å². The fourth-order valence-corrected chi connectivity index (χ4v) is 3.26. The molecule has 1 aliphatic heterocycles. The monoisotopic (exact) mass is 334 g/mol. The maximum atomic E-state index is 5.42. The Morgan fingerprint density at radius 3 is 2.83 bits per heavy atom. The Morgan fingerprint density at radius 1 is 1.42 bits per heavy atom. The molecule has 0 amide bonds. The number of rotatable bonds is 8. The molecule has 136 valence electrons. The van der Waals surface area contributed by atoms with Gasteiger partial charge in [0.2, 0.25) is 0 Å². The van der Waals surface area contributed by atoms with Crippen LogP contribution >= 0.6 is 0 Å². The van der Waals surface area contributed by atoms with E-state index in [0.29, 0.717) is 12.0 Å². The van der Waals surface area contributed by atoms with Crippen molar-refractivity contribution in [2.45, 2.75) is 46.6 Å². The molecule has 1 N–H and O–H groups in total. The first-order valence-corrected chi connectivity index (χ1v) is 9.43. The summed E-state index contributed by atoms with van der Waals surface area (Å²) in [6, 6.07) is 4.62. The summed E-state index contributed by atoms with van der Waals surface area (Å²) < 4.78 is 5.42. The lowest BCUT2D eigenvalue weighted by Crippen LogP contribution is -2.44. The number of nitrogens with zero attached hydrogens (tertiary/aromatic N) is 3. The van der Waals surface area contributed by atoms with Gasteiger partial charge < -0.3 is 14.6 Å². The zero-order valence-corrected chi connectivity index (χ0v) is 15.8. The van der Waals surface area contributed by atoms with Gasteiger partial charge in [-0.1, -0.05) is 27.7 Å². The second-order valence-corrected chi connectivity index (χ2v) is 6.92. The lowest BCUT2D eigenvalue weighted by Gasteiger charge is -2.27. The van der Waals surface area contributed by atoms with Gasteiger partial charge in [-0.05, 0) is 37.6 Å². The molecule has 1 atom stereocenters. The largest absolute Gasteiger partial charge is 0.469 e. The summed E-state index contributed by atoms with van der Waals surface area (Å²) in [5, 5.41) is 3.55. The van der Waals surface area contributed by atoms with Crippen molar-refractivity contribution < 1.29 is 4.42 Å². The van der Waals surface area contributed by atoms with Crippen LogP contribution in [0.25, 0.3) is 0 Å². The third kappa shape index (κ3) is 5.55. The van der Waals surface area contributed by atoms with Crippen molar-refractivity contribution in [2.24, 2.45) is 10.9 Å². The van der Waals surface area contributed by atoms with Crippen LogP contribution in [0, 0.1) is 5.92 Å². The van der Waals surface area contributed by atoms with Gasteiger partial charge in [-0.25, -0.2) is 0 Å². The summed E-state index contributed by atoms with van der Waals surface area (Å²) in [6.07, 6.45) is 3.85. The number of hydrogen-bond acceptors (Lipinski definition) is 3. The van der Waals surface area contributed by atoms with Gasteiger partial charge in [-0.2, -0.15) is 0 Å². The molecule has 2 heterocycles. The minimum atomic E-state index is 0.577. The van der Waals surface area contributed by atoms with E-state index in [0.717, 1.165) is 57.4 Å². The first-order valence-electron chi connectivity index (χ1n) is 9.43. The molecule has 1 unspecified atom stereocenters. The molecule has 1 aliphatic rings. The SMILES string of the molecule is CCN(CC)C1CCN(C(=NCC(C)C)NCCc2ccco2)C1. The van der Waals surface area contributed by atoms with E-state index in [2.05, 4.69) is 42.8 Å². The van der Waals surface area contributed by atoms with Crippen molar-refractivity contribution in [2.75, 3.05) is 39.3 Å². The molecule has 0 aromatic carbocycles. The molecule has 0 spiro atoms. The van der Waals surface area contributed by atoms with Crippen LogP contribution in [0.3, 0.4) is 0 Å². The van der Waals surface area contributed by atoms with Crippen LogP contribution in [0.5, 0.6) is 0 Å². The Morgan fingerprint density at radius 2 is 2.21 bits per heavy atom. The van der Waals surface area contributed by atoms with Crippen LogP contribution in [-0.4, -0.2) is 61.1 Å². The molecule has 5 heteroatoms. The molecule has 5 nitrogen and oxygen atoms in total. The van der Waals surface area contributed by atoms with E-state index in [1.165, 1.54) is 6.42 Å². The van der Waals surface area contributed by atoms with E-state index < -0.39 is 0 Å². The van der Waals surface area contributed by atoms with Gasteiger partial charge in [0.15, 0.2) is 5.96 Å². The minimum Gasteiger partial charge on any atom is -0.469 e. The second-order valence-electron chi connectivity index (χ2n) is 6.92. The fourth-order valence-electron chi connectivity index (χ4n) is 3.26. The number of aliphatic imine (C=N–C) groups is 1. The number of hydrogen-bond donors (Lipinski definition) is 1. The number of guanidine groups is 1. The Bertz CT molecular complexity index is 480. The van der Waals surface area contributed by atoms with Gasteiger partial charge in [0, 0.05) is 38.6 Å². The van der Waals surface area contributed by atoms with Crippen molar-refractivity contribution in [1.82, 2.24) is 15.1 Å². The average Bonchev–Trinajstić information content (AvgIpc) is 3.23. The van der Waals surface area contributed by atoms with Crippen molar-refractivity contribution in [3.8, 4) is 0 Å². The van der Waals surface area contributed by atoms with E-state index in [9.17, 15) is 0 Å². The molecule has 0 radical (unpaired) electrons. The van der Waals surface area contributed by atoms with Crippen molar-refractivity contribution >= 4 is 5.96 Å². The average molecular weight is 335 g/mol. The number of furan rings is 1. The Hall–Kier alpha value is -1.49. The molecule has 24 heavy (non-hydrogen) atoms. The number of likely N-dealkylation sites (tertiary alicyclic amines) is 1. The van der Waals surface area contributed by atoms with E-state index in [1.54, 1.807) is 6.26 Å². The number of likely N-dealkylation sites (N-methyl/N-ethyl adjacent to an activating group) is 1. The van der Waals surface area contributed by atoms with E-state index in [-0.39, 0.29) is 0 Å². The summed E-state index contributed by atoms with van der Waals surface area (Å²) in [6.45, 7) is 15.1. The zero-order valence-electron chi connectivity index (χ0n) is 15.8. The molecule has 1 saturated heterocycles. The molecule has 0 bridgehead atoms. The summed E-state index contributed by atoms with van der Waals surface area (Å²) in [7, 11) is 0. The second kappa shape index (κ2) is 9.72. The van der Waals surface area contributed by atoms with Gasteiger partial charge in [-0.15, -0.1) is 0 Å². The Balaban J connectivity index is 1.92. The third-order valence-corrected chi connectivity index (χ3v) is 4.63. The summed E-state index contributed by atoms with van der Waals surface area (Å²) in [5.74, 6) is 2.66. The predicted octanol–water partition coefficient (Wildman–Crippen LogP) is 2.84. The van der Waals surface area contributed by atoms with Crippen LogP contribution in [0.2, 0.25) is 0 Å². The lowest BCUT2D eigenvalue weighted by atomic mass is 10.2. The highest BCUT2D eigenvalue weighted by atomic mass is 16.3. The van der Waals surface area contributed by atoms with Crippen molar-refractivity contribution in [3.63, 3.8) is 0 Å². The van der Waals surface area contributed by atoms with Crippen LogP contribution < -0.4 is 5.32 Å². The van der Waals surface area contributed by atoms with Crippen molar-refractivity contribution in [3.05, 3.63) is 24.2 Å². The fraction of sp³-hybridized carbons (Fsp3) is 0.737. The Labute approximate surface area is 147 Å². The maximum absolute atomic E-state index is 5.42. The van der Waals surface area contributed by atoms with E-state index in [1.807, 2.05) is 12.1 Å². The maximum Gasteiger partial charge on any atom is 0.193 e. The quantitative estimate of drug-likeness (QED) is 0.586. The molecule has 2 rings (SSSR count). The molecular weight excluding hydrogens is 300 g/mol. The number of nitrogens with one attached hydrogen (secondary N) is 1. The highest BCUT2D eigenvalue weighted by molar-refractivity contribution is 5.80. The van der Waals surface area contributed by atoms with Crippen LogP contribution in [0.4, 0.5) is 0 Å². The molecule has 1 fully saturated rings. The molecule has 0 aliphatic carbocycles. The highest BCUT2D eigenvalue weighted by Crippen LogP contribution is 2.15. The van der Waals surface area contributed by atoms with E-state index in [4.69, 9.17) is 9.41 Å². The highest BCUT2D eigenvalue weighted by Gasteiger charge is 2.28. The van der Waals surface area contributed by atoms with Crippen LogP contribution in [0.15, 0.2) is 27.8 Å². The van der Waals surface area contributed by atoms with Gasteiger partial charge in [0.05, 0.1) is 6.26 Å². The zero-order chi connectivity index (χ0) is 17.4. The third-order valence-electron chi connectivity index (χ3n) is 4.63. The predicted molar refractivity (Wildman–Crippen MR) is 100 cm³/mol. The summed E-state index contributed by atoms with van der Waals surface area (Å²) in [5.41, 5.74) is 0. The van der Waals surface area contributed by atoms with E-state index >= 15 is 0 Å². The smallest absolute Gasteiger partial charge is 0.193 e. The molecule has 1 aromatic heterocycles. The van der Waals surface area contributed by atoms with Crippen LogP contribution in [0.1, 0.15) is 39.9 Å². The van der Waals surface area contributed by atoms with Crippen LogP contribution in [-0.2, 0) is 6.42 Å².